The number of ether oxygens (including phenoxy) is 1. The van der Waals surface area contributed by atoms with Crippen LogP contribution in [0.2, 0.25) is 0 Å². The molecule has 0 spiro atoms. The number of rotatable bonds is 4. The van der Waals surface area contributed by atoms with Crippen molar-refractivity contribution in [2.75, 3.05) is 5.32 Å². The number of nitrogens with one attached hydrogen (secondary N) is 1. The van der Waals surface area contributed by atoms with E-state index < -0.39 is 0 Å². The van der Waals surface area contributed by atoms with Crippen molar-refractivity contribution in [3.05, 3.63) is 79.0 Å². The van der Waals surface area contributed by atoms with E-state index in [-0.39, 0.29) is 0 Å². The third-order valence-corrected chi connectivity index (χ3v) is 2.70. The van der Waals surface area contributed by atoms with E-state index in [1.54, 1.807) is 6.20 Å². The summed E-state index contributed by atoms with van der Waals surface area (Å²) >= 11 is 0. The molecule has 0 aliphatic heterocycles. The zero-order valence-corrected chi connectivity index (χ0v) is 10.8. The number of nitrogens with zero attached hydrogens (tertiary/aromatic N) is 1. The van der Waals surface area contributed by atoms with Gasteiger partial charge < -0.3 is 10.1 Å². The van der Waals surface area contributed by atoms with Gasteiger partial charge in [-0.3, -0.25) is 0 Å². The molecule has 0 aliphatic carbocycles. The summed E-state index contributed by atoms with van der Waals surface area (Å²) in [4.78, 5) is 4.22. The van der Waals surface area contributed by atoms with Gasteiger partial charge in [0.15, 0.2) is 0 Å². The van der Waals surface area contributed by atoms with Crippen LogP contribution < -0.4 is 10.1 Å². The molecule has 97 valence electrons. The minimum absolute atomic E-state index is 0.706. The molecule has 20 heavy (non-hydrogen) atoms. The summed E-state index contributed by atoms with van der Waals surface area (Å²) in [6.45, 7) is 0. The molecule has 1 heterocycles. The van der Waals surface area contributed by atoms with E-state index in [4.69, 9.17) is 4.74 Å². The number of aromatic nitrogens is 1. The molecule has 0 saturated carbocycles. The predicted molar refractivity (Wildman–Crippen MR) is 79.3 cm³/mol. The highest BCUT2D eigenvalue weighted by atomic mass is 16.5. The first-order chi connectivity index (χ1) is 9.90. The predicted octanol–water partition coefficient (Wildman–Crippen LogP) is 4.42. The number of hydrogen-bond donors (Lipinski definition) is 1. The van der Waals surface area contributed by atoms with E-state index in [2.05, 4.69) is 16.4 Å². The highest BCUT2D eigenvalue weighted by molar-refractivity contribution is 5.57. The van der Waals surface area contributed by atoms with Crippen molar-refractivity contribution >= 4 is 11.5 Å². The normalized spacial score (nSPS) is 10.0. The van der Waals surface area contributed by atoms with Gasteiger partial charge in [-0.25, -0.2) is 4.98 Å². The number of hydrogen-bond acceptors (Lipinski definition) is 3. The van der Waals surface area contributed by atoms with Crippen LogP contribution in [0.4, 0.5) is 11.5 Å². The first-order valence-corrected chi connectivity index (χ1v) is 6.33. The zero-order chi connectivity index (χ0) is 13.6. The van der Waals surface area contributed by atoms with Crippen LogP contribution in [0.3, 0.4) is 0 Å². The molecule has 3 nitrogen and oxygen atoms in total. The summed E-state index contributed by atoms with van der Waals surface area (Å²) in [6.07, 6.45) is 1.76. The molecule has 3 heteroatoms. The molecule has 2 aromatic carbocycles. The van der Waals surface area contributed by atoms with E-state index in [0.717, 1.165) is 17.3 Å². The summed E-state index contributed by atoms with van der Waals surface area (Å²) in [6, 6.07) is 24.0. The molecular weight excluding hydrogens is 248 g/mol. The number of para-hydroxylation sites is 1. The van der Waals surface area contributed by atoms with E-state index in [1.807, 2.05) is 66.7 Å². The van der Waals surface area contributed by atoms with Gasteiger partial charge in [0.25, 0.3) is 0 Å². The lowest BCUT2D eigenvalue weighted by Gasteiger charge is -2.08. The molecule has 0 amide bonds. The van der Waals surface area contributed by atoms with Crippen LogP contribution in [0.25, 0.3) is 0 Å². The average molecular weight is 261 g/mol. The minimum atomic E-state index is 0.706. The fourth-order valence-electron chi connectivity index (χ4n) is 1.76. The van der Waals surface area contributed by atoms with Gasteiger partial charge >= 0.3 is 0 Å². The molecule has 0 atom stereocenters. The summed E-state index contributed by atoms with van der Waals surface area (Å²) < 4.78 is 5.68. The number of benzene rings is 2. The SMILES string of the molecule is [c]1ccccc1Oc1ccc(Nc2ccccn2)cc1. The Morgan fingerprint density at radius 2 is 1.75 bits per heavy atom. The second kappa shape index (κ2) is 5.89. The lowest BCUT2D eigenvalue weighted by Crippen LogP contribution is -1.92. The molecule has 0 saturated heterocycles. The summed E-state index contributed by atoms with van der Waals surface area (Å²) in [5, 5.41) is 3.22. The summed E-state index contributed by atoms with van der Waals surface area (Å²) in [7, 11) is 0. The third kappa shape index (κ3) is 3.14. The van der Waals surface area contributed by atoms with Crippen molar-refractivity contribution in [2.24, 2.45) is 0 Å². The largest absolute Gasteiger partial charge is 0.457 e. The van der Waals surface area contributed by atoms with Crippen LogP contribution in [-0.2, 0) is 0 Å². The lowest BCUT2D eigenvalue weighted by atomic mass is 10.3. The monoisotopic (exact) mass is 261 g/mol. The molecule has 3 rings (SSSR count). The topological polar surface area (TPSA) is 34.1 Å². The molecule has 1 radical (unpaired) electrons. The Balaban J connectivity index is 1.69. The second-order valence-corrected chi connectivity index (χ2v) is 4.19. The quantitative estimate of drug-likeness (QED) is 0.755. The third-order valence-electron chi connectivity index (χ3n) is 2.70. The Bertz CT molecular complexity index is 591. The maximum Gasteiger partial charge on any atom is 0.135 e. The van der Waals surface area contributed by atoms with Gasteiger partial charge in [-0.1, -0.05) is 24.3 Å². The highest BCUT2D eigenvalue weighted by Gasteiger charge is 1.98. The van der Waals surface area contributed by atoms with Crippen LogP contribution in [0.15, 0.2) is 72.9 Å². The van der Waals surface area contributed by atoms with Crippen LogP contribution in [0.5, 0.6) is 11.5 Å². The molecule has 0 bridgehead atoms. The van der Waals surface area contributed by atoms with Crippen LogP contribution in [0.1, 0.15) is 0 Å². The Hall–Kier alpha value is -2.81. The molecule has 0 aliphatic rings. The van der Waals surface area contributed by atoms with Crippen LogP contribution in [0, 0.1) is 6.07 Å². The summed E-state index contributed by atoms with van der Waals surface area (Å²) in [5.41, 5.74) is 0.966. The number of anilines is 2. The van der Waals surface area contributed by atoms with Crippen molar-refractivity contribution in [1.29, 1.82) is 0 Å². The zero-order valence-electron chi connectivity index (χ0n) is 10.8. The first kappa shape index (κ1) is 12.2. The van der Waals surface area contributed by atoms with E-state index in [0.29, 0.717) is 5.75 Å². The van der Waals surface area contributed by atoms with Crippen LogP contribution >= 0.6 is 0 Å². The maximum atomic E-state index is 5.68. The van der Waals surface area contributed by atoms with Crippen molar-refractivity contribution in [3.8, 4) is 11.5 Å². The van der Waals surface area contributed by atoms with Gasteiger partial charge in [-0.05, 0) is 42.5 Å². The fraction of sp³-hybridized carbons (Fsp3) is 0. The molecule has 3 aromatic rings. The van der Waals surface area contributed by atoms with E-state index >= 15 is 0 Å². The second-order valence-electron chi connectivity index (χ2n) is 4.19. The van der Waals surface area contributed by atoms with Crippen molar-refractivity contribution < 1.29 is 4.74 Å². The Labute approximate surface area is 117 Å². The first-order valence-electron chi connectivity index (χ1n) is 6.33. The van der Waals surface area contributed by atoms with Gasteiger partial charge in [0, 0.05) is 18.0 Å². The molecule has 1 N–H and O–H groups in total. The Morgan fingerprint density at radius 3 is 2.45 bits per heavy atom. The molecule has 0 fully saturated rings. The Kier molecular flexibility index (Phi) is 3.60. The molecule has 1 aromatic heterocycles. The van der Waals surface area contributed by atoms with Crippen molar-refractivity contribution in [3.63, 3.8) is 0 Å². The van der Waals surface area contributed by atoms with Crippen molar-refractivity contribution in [1.82, 2.24) is 4.98 Å². The Morgan fingerprint density at radius 1 is 0.900 bits per heavy atom. The van der Waals surface area contributed by atoms with Gasteiger partial charge in [-0.2, -0.15) is 0 Å². The van der Waals surface area contributed by atoms with Gasteiger partial charge in [-0.15, -0.1) is 0 Å². The standard InChI is InChI=1S/C17H13N2O/c1-2-6-15(7-3-1)20-16-11-9-14(10-12-16)19-17-8-4-5-13-18-17/h1-6,8-13H,(H,18,19). The van der Waals surface area contributed by atoms with Gasteiger partial charge in [0.05, 0.1) is 0 Å². The van der Waals surface area contributed by atoms with E-state index in [1.165, 1.54) is 0 Å². The number of pyridine rings is 1. The highest BCUT2D eigenvalue weighted by Crippen LogP contribution is 2.23. The van der Waals surface area contributed by atoms with E-state index in [9.17, 15) is 0 Å². The lowest BCUT2D eigenvalue weighted by molar-refractivity contribution is 0.482. The smallest absolute Gasteiger partial charge is 0.135 e. The van der Waals surface area contributed by atoms with Gasteiger partial charge in [0.2, 0.25) is 0 Å². The molecular formula is C17H13N2O. The molecule has 0 unspecified atom stereocenters. The van der Waals surface area contributed by atoms with Crippen LogP contribution in [-0.4, -0.2) is 4.98 Å². The maximum absolute atomic E-state index is 5.68. The fourth-order valence-corrected chi connectivity index (χ4v) is 1.76. The summed E-state index contributed by atoms with van der Waals surface area (Å²) in [5.74, 6) is 2.30. The van der Waals surface area contributed by atoms with Gasteiger partial charge in [0.1, 0.15) is 17.3 Å². The van der Waals surface area contributed by atoms with Crippen molar-refractivity contribution in [2.45, 2.75) is 0 Å². The average Bonchev–Trinajstić information content (AvgIpc) is 2.51. The minimum Gasteiger partial charge on any atom is -0.457 e.